The average Bonchev–Trinajstić information content (AvgIpc) is 2.92. The van der Waals surface area contributed by atoms with Crippen LogP contribution in [0.5, 0.6) is 0 Å². The Labute approximate surface area is 220 Å². The van der Waals surface area contributed by atoms with E-state index in [2.05, 4.69) is 12.2 Å². The van der Waals surface area contributed by atoms with E-state index in [0.717, 1.165) is 37.7 Å². The molecule has 0 aromatic heterocycles. The molecule has 0 spiro atoms. The molecule has 2 unspecified atom stereocenters. The molecule has 0 aliphatic carbocycles. The van der Waals surface area contributed by atoms with Crippen molar-refractivity contribution in [3.05, 3.63) is 71.8 Å². The zero-order valence-corrected chi connectivity index (χ0v) is 22.3. The van der Waals surface area contributed by atoms with Crippen molar-refractivity contribution < 1.29 is 22.9 Å². The lowest BCUT2D eigenvalue weighted by molar-refractivity contribution is -0.122. The summed E-state index contributed by atoms with van der Waals surface area (Å²) >= 11 is 0. The molecule has 0 aliphatic rings. The minimum Gasteiger partial charge on any atom is -0.346 e. The standard InChI is InChI=1S/C28H36N3O5P/c1-2-3-4-5-12-19-26(32)31-27(24-15-8-6-9-16-24)28(25-17-10-7-11-18-25)36-37(33,34-22-13-20-29)35-23-14-21-30/h6-11,15-18,27-28H,2-5,12-14,19,22-23H2,1H3,(H,31,32). The molecule has 1 amide bonds. The monoisotopic (exact) mass is 525 g/mol. The number of phosphoric ester groups is 1. The summed E-state index contributed by atoms with van der Waals surface area (Å²) in [5.74, 6) is -0.138. The number of hydrogen-bond donors (Lipinski definition) is 1. The summed E-state index contributed by atoms with van der Waals surface area (Å²) in [5.41, 5.74) is 1.42. The van der Waals surface area contributed by atoms with Gasteiger partial charge in [-0.2, -0.15) is 10.5 Å². The fourth-order valence-corrected chi connectivity index (χ4v) is 5.08. The van der Waals surface area contributed by atoms with E-state index in [0.29, 0.717) is 12.0 Å². The third-order valence-electron chi connectivity index (χ3n) is 5.58. The van der Waals surface area contributed by atoms with Gasteiger partial charge in [0.05, 0.1) is 44.2 Å². The van der Waals surface area contributed by atoms with Crippen LogP contribution in [-0.2, 0) is 22.9 Å². The summed E-state index contributed by atoms with van der Waals surface area (Å²) in [7, 11) is -4.21. The molecule has 1 N–H and O–H groups in total. The number of carbonyl (C=O) groups excluding carboxylic acids is 1. The van der Waals surface area contributed by atoms with Gasteiger partial charge in [0.25, 0.3) is 0 Å². The molecule has 9 heteroatoms. The maximum atomic E-state index is 13.6. The SMILES string of the molecule is CCCCCCCC(=O)NC(c1ccccc1)C(OP(=O)(OCCC#N)OCCC#N)c1ccccc1. The molecular formula is C28H36N3O5P. The van der Waals surface area contributed by atoms with E-state index in [-0.39, 0.29) is 32.0 Å². The summed E-state index contributed by atoms with van der Waals surface area (Å²) < 4.78 is 30.6. The molecule has 2 aromatic rings. The Kier molecular flexibility index (Phi) is 14.3. The van der Waals surface area contributed by atoms with Gasteiger partial charge in [-0.05, 0) is 17.5 Å². The molecule has 37 heavy (non-hydrogen) atoms. The normalized spacial score (nSPS) is 12.7. The molecular weight excluding hydrogens is 489 g/mol. The first kappa shape index (κ1) is 30.2. The average molecular weight is 526 g/mol. The number of unbranched alkanes of at least 4 members (excludes halogenated alkanes) is 4. The molecule has 0 saturated heterocycles. The lowest BCUT2D eigenvalue weighted by Gasteiger charge is -2.31. The van der Waals surface area contributed by atoms with Crippen LogP contribution in [0.1, 0.15) is 81.6 Å². The van der Waals surface area contributed by atoms with Gasteiger partial charge in [0.1, 0.15) is 6.10 Å². The largest absolute Gasteiger partial charge is 0.475 e. The number of carbonyl (C=O) groups is 1. The van der Waals surface area contributed by atoms with E-state index in [1.54, 1.807) is 0 Å². The Balaban J connectivity index is 2.36. The number of amides is 1. The lowest BCUT2D eigenvalue weighted by Crippen LogP contribution is -2.33. The Bertz CT molecular complexity index is 1030. The van der Waals surface area contributed by atoms with Crippen molar-refractivity contribution >= 4 is 13.7 Å². The van der Waals surface area contributed by atoms with Crippen molar-refractivity contribution in [1.29, 1.82) is 10.5 Å². The fourth-order valence-electron chi connectivity index (χ4n) is 3.73. The van der Waals surface area contributed by atoms with Crippen molar-refractivity contribution in [1.82, 2.24) is 5.32 Å². The Morgan fingerprint density at radius 1 is 0.865 bits per heavy atom. The van der Waals surface area contributed by atoms with Crippen LogP contribution in [0.3, 0.4) is 0 Å². The molecule has 2 atom stereocenters. The van der Waals surface area contributed by atoms with Crippen LogP contribution in [0.25, 0.3) is 0 Å². The van der Waals surface area contributed by atoms with Crippen LogP contribution in [0.2, 0.25) is 0 Å². The molecule has 0 aliphatic heterocycles. The molecule has 2 rings (SSSR count). The van der Waals surface area contributed by atoms with Crippen LogP contribution in [0.4, 0.5) is 0 Å². The minimum atomic E-state index is -4.21. The van der Waals surface area contributed by atoms with Gasteiger partial charge in [-0.25, -0.2) is 4.57 Å². The molecule has 2 aromatic carbocycles. The molecule has 0 fully saturated rings. The summed E-state index contributed by atoms with van der Waals surface area (Å²) in [6.45, 7) is 1.82. The first-order chi connectivity index (χ1) is 18.0. The van der Waals surface area contributed by atoms with Crippen molar-refractivity contribution in [3.8, 4) is 12.1 Å². The van der Waals surface area contributed by atoms with Crippen molar-refractivity contribution in [2.24, 2.45) is 0 Å². The van der Waals surface area contributed by atoms with Crippen molar-refractivity contribution in [2.45, 2.75) is 70.4 Å². The third kappa shape index (κ3) is 11.3. The molecule has 0 radical (unpaired) electrons. The van der Waals surface area contributed by atoms with Gasteiger partial charge >= 0.3 is 7.82 Å². The predicted molar refractivity (Wildman–Crippen MR) is 141 cm³/mol. The smallest absolute Gasteiger partial charge is 0.346 e. The van der Waals surface area contributed by atoms with E-state index in [9.17, 15) is 9.36 Å². The maximum Gasteiger partial charge on any atom is 0.475 e. The van der Waals surface area contributed by atoms with Crippen LogP contribution >= 0.6 is 7.82 Å². The van der Waals surface area contributed by atoms with Gasteiger partial charge in [-0.1, -0.05) is 93.3 Å². The Morgan fingerprint density at radius 2 is 1.41 bits per heavy atom. The number of benzene rings is 2. The number of rotatable bonds is 18. The van der Waals surface area contributed by atoms with Gasteiger partial charge in [-0.3, -0.25) is 18.4 Å². The van der Waals surface area contributed by atoms with Gasteiger partial charge in [0.15, 0.2) is 0 Å². The Morgan fingerprint density at radius 3 is 1.95 bits per heavy atom. The minimum absolute atomic E-state index is 0.0121. The van der Waals surface area contributed by atoms with E-state index in [1.807, 2.05) is 72.8 Å². The van der Waals surface area contributed by atoms with E-state index < -0.39 is 20.0 Å². The summed E-state index contributed by atoms with van der Waals surface area (Å²) in [4.78, 5) is 13.0. The van der Waals surface area contributed by atoms with E-state index in [1.165, 1.54) is 0 Å². The number of hydrogen-bond acceptors (Lipinski definition) is 7. The van der Waals surface area contributed by atoms with E-state index >= 15 is 0 Å². The Hall–Kier alpha value is -3.00. The van der Waals surface area contributed by atoms with Crippen LogP contribution in [0.15, 0.2) is 60.7 Å². The molecule has 0 heterocycles. The highest BCUT2D eigenvalue weighted by molar-refractivity contribution is 7.48. The maximum absolute atomic E-state index is 13.6. The highest BCUT2D eigenvalue weighted by Crippen LogP contribution is 2.55. The topological polar surface area (TPSA) is 121 Å². The second-order valence-electron chi connectivity index (χ2n) is 8.49. The molecule has 198 valence electrons. The number of phosphoric acid groups is 1. The number of nitrogens with one attached hydrogen (secondary N) is 1. The van der Waals surface area contributed by atoms with Crippen LogP contribution in [-0.4, -0.2) is 19.1 Å². The third-order valence-corrected chi connectivity index (χ3v) is 7.07. The fraction of sp³-hybridized carbons (Fsp3) is 0.464. The first-order valence-electron chi connectivity index (χ1n) is 12.7. The molecule has 0 saturated carbocycles. The highest BCUT2D eigenvalue weighted by Gasteiger charge is 2.37. The highest BCUT2D eigenvalue weighted by atomic mass is 31.2. The van der Waals surface area contributed by atoms with Gasteiger partial charge in [0.2, 0.25) is 5.91 Å². The van der Waals surface area contributed by atoms with Gasteiger partial charge in [-0.15, -0.1) is 0 Å². The second-order valence-corrected chi connectivity index (χ2v) is 10.1. The summed E-state index contributed by atoms with van der Waals surface area (Å²) in [6.07, 6.45) is 4.53. The zero-order chi connectivity index (χ0) is 26.8. The lowest BCUT2D eigenvalue weighted by atomic mass is 9.95. The number of nitriles is 2. The first-order valence-corrected chi connectivity index (χ1v) is 14.2. The van der Waals surface area contributed by atoms with E-state index in [4.69, 9.17) is 24.1 Å². The van der Waals surface area contributed by atoms with Gasteiger partial charge < -0.3 is 5.32 Å². The number of nitrogens with zero attached hydrogens (tertiary/aromatic N) is 2. The molecule has 8 nitrogen and oxygen atoms in total. The second kappa shape index (κ2) is 17.5. The van der Waals surface area contributed by atoms with Crippen molar-refractivity contribution in [2.75, 3.05) is 13.2 Å². The quantitative estimate of drug-likeness (QED) is 0.165. The van der Waals surface area contributed by atoms with Crippen LogP contribution in [0, 0.1) is 22.7 Å². The summed E-state index contributed by atoms with van der Waals surface area (Å²) in [5, 5.41) is 20.9. The summed E-state index contributed by atoms with van der Waals surface area (Å²) in [6, 6.07) is 21.6. The van der Waals surface area contributed by atoms with Crippen molar-refractivity contribution in [3.63, 3.8) is 0 Å². The van der Waals surface area contributed by atoms with Gasteiger partial charge in [0, 0.05) is 6.42 Å². The zero-order valence-electron chi connectivity index (χ0n) is 21.4. The molecule has 0 bridgehead atoms. The van der Waals surface area contributed by atoms with Crippen LogP contribution < -0.4 is 5.32 Å². The predicted octanol–water partition coefficient (Wildman–Crippen LogP) is 6.93.